The predicted octanol–water partition coefficient (Wildman–Crippen LogP) is 2.40. The Morgan fingerprint density at radius 2 is 1.97 bits per heavy atom. The average molecular weight is 438 g/mol. The van der Waals surface area contributed by atoms with Crippen LogP contribution in [-0.2, 0) is 14.3 Å². The van der Waals surface area contributed by atoms with Gasteiger partial charge in [-0.1, -0.05) is 12.1 Å². The lowest BCUT2D eigenvalue weighted by atomic mass is 9.97. The minimum Gasteiger partial charge on any atom is -0.444 e. The normalized spacial score (nSPS) is 19.5. The number of nitrogens with zero attached hydrogens (tertiary/aromatic N) is 3. The number of ether oxygens (including phenoxy) is 1. The van der Waals surface area contributed by atoms with E-state index in [-0.39, 0.29) is 30.4 Å². The summed E-state index contributed by atoms with van der Waals surface area (Å²) in [5.41, 5.74) is 1.15. The summed E-state index contributed by atoms with van der Waals surface area (Å²) in [5, 5.41) is 7.59. The molecule has 3 heterocycles. The summed E-state index contributed by atoms with van der Waals surface area (Å²) in [6, 6.07) is 4.71. The number of amides is 3. The average Bonchev–Trinajstić information content (AvgIpc) is 2.73. The van der Waals surface area contributed by atoms with Crippen LogP contribution in [0.2, 0.25) is 0 Å². The maximum atomic E-state index is 12.9. The summed E-state index contributed by atoms with van der Waals surface area (Å²) in [6.45, 7) is 6.53. The number of carbonyl (C=O) groups excluding carboxylic acids is 3. The first kappa shape index (κ1) is 21.7. The van der Waals surface area contributed by atoms with Crippen LogP contribution in [0.25, 0.3) is 16.3 Å². The molecule has 0 radical (unpaired) electrons. The molecular formula is C23H26N4O5. The fraction of sp³-hybridized carbons (Fsp3) is 0.435. The van der Waals surface area contributed by atoms with Gasteiger partial charge < -0.3 is 9.64 Å². The van der Waals surface area contributed by atoms with E-state index in [0.717, 1.165) is 15.8 Å². The molecule has 9 nitrogen and oxygen atoms in total. The van der Waals surface area contributed by atoms with E-state index in [9.17, 15) is 19.2 Å². The molecule has 1 fully saturated rings. The largest absolute Gasteiger partial charge is 0.444 e. The second kappa shape index (κ2) is 8.22. The SMILES string of the molecule is CC(C)(C)OC(=O)N1CC=C(c2ccc3c(=O)n(C4CCC(=O)NC4=O)ncc3c2)CC1. The summed E-state index contributed by atoms with van der Waals surface area (Å²) in [7, 11) is 0. The molecule has 1 atom stereocenters. The standard InChI is InChI=1S/C23H26N4O5/c1-23(2,3)32-22(31)26-10-8-14(9-11-26)15-4-5-17-16(12-15)13-24-27(21(17)30)18-6-7-19(28)25-20(18)29/h4-5,8,12-13,18H,6-7,9-11H2,1-3H3,(H,25,28,29). The number of aromatic nitrogens is 2. The fourth-order valence-corrected chi connectivity index (χ4v) is 3.93. The molecule has 1 aromatic heterocycles. The number of fused-ring (bicyclic) bond motifs is 1. The number of hydrogen-bond donors (Lipinski definition) is 1. The molecular weight excluding hydrogens is 412 g/mol. The van der Waals surface area contributed by atoms with E-state index < -0.39 is 17.6 Å². The molecule has 1 N–H and O–H groups in total. The Hall–Kier alpha value is -3.49. The van der Waals surface area contributed by atoms with Gasteiger partial charge in [-0.25, -0.2) is 9.48 Å². The van der Waals surface area contributed by atoms with Gasteiger partial charge in [-0.05, 0) is 56.9 Å². The van der Waals surface area contributed by atoms with Gasteiger partial charge in [0, 0.05) is 24.9 Å². The zero-order valence-corrected chi connectivity index (χ0v) is 18.4. The minimum absolute atomic E-state index is 0.177. The molecule has 0 spiro atoms. The Labute approximate surface area is 185 Å². The van der Waals surface area contributed by atoms with Gasteiger partial charge >= 0.3 is 6.09 Å². The molecule has 1 unspecified atom stereocenters. The maximum Gasteiger partial charge on any atom is 0.410 e. The van der Waals surface area contributed by atoms with E-state index in [2.05, 4.69) is 10.4 Å². The Morgan fingerprint density at radius 3 is 2.62 bits per heavy atom. The van der Waals surface area contributed by atoms with Crippen LogP contribution in [-0.4, -0.2) is 51.3 Å². The topological polar surface area (TPSA) is 111 Å². The van der Waals surface area contributed by atoms with Crippen molar-refractivity contribution in [3.63, 3.8) is 0 Å². The monoisotopic (exact) mass is 438 g/mol. The van der Waals surface area contributed by atoms with E-state index in [1.165, 1.54) is 0 Å². The Balaban J connectivity index is 1.55. The Morgan fingerprint density at radius 1 is 1.19 bits per heavy atom. The van der Waals surface area contributed by atoms with Crippen molar-refractivity contribution < 1.29 is 19.1 Å². The molecule has 2 aliphatic rings. The fourth-order valence-electron chi connectivity index (χ4n) is 3.93. The Kier molecular flexibility index (Phi) is 5.58. The van der Waals surface area contributed by atoms with Crippen LogP contribution in [0.5, 0.6) is 0 Å². The summed E-state index contributed by atoms with van der Waals surface area (Å²) in [6.07, 6.45) is 4.33. The summed E-state index contributed by atoms with van der Waals surface area (Å²) >= 11 is 0. The highest BCUT2D eigenvalue weighted by Gasteiger charge is 2.30. The van der Waals surface area contributed by atoms with Gasteiger partial charge in [0.1, 0.15) is 11.6 Å². The number of benzene rings is 1. The predicted molar refractivity (Wildman–Crippen MR) is 118 cm³/mol. The molecule has 2 aliphatic heterocycles. The van der Waals surface area contributed by atoms with Gasteiger partial charge in [0.05, 0.1) is 11.6 Å². The number of hydrogen-bond acceptors (Lipinski definition) is 6. The first-order chi connectivity index (χ1) is 15.1. The van der Waals surface area contributed by atoms with Gasteiger partial charge in [-0.3, -0.25) is 19.7 Å². The van der Waals surface area contributed by atoms with Crippen molar-refractivity contribution in [2.75, 3.05) is 13.1 Å². The molecule has 1 saturated heterocycles. The van der Waals surface area contributed by atoms with Crippen LogP contribution in [0, 0.1) is 0 Å². The molecule has 0 bridgehead atoms. The summed E-state index contributed by atoms with van der Waals surface area (Å²) in [5.74, 6) is -0.843. The van der Waals surface area contributed by atoms with Crippen LogP contribution >= 0.6 is 0 Å². The number of carbonyl (C=O) groups is 3. The second-order valence-electron chi connectivity index (χ2n) is 9.07. The van der Waals surface area contributed by atoms with E-state index in [4.69, 9.17) is 4.74 Å². The molecule has 9 heteroatoms. The molecule has 0 aliphatic carbocycles. The zero-order chi connectivity index (χ0) is 23.0. The molecule has 32 heavy (non-hydrogen) atoms. The van der Waals surface area contributed by atoms with Crippen molar-refractivity contribution in [1.82, 2.24) is 20.0 Å². The first-order valence-electron chi connectivity index (χ1n) is 10.6. The van der Waals surface area contributed by atoms with Crippen molar-refractivity contribution in [1.29, 1.82) is 0 Å². The van der Waals surface area contributed by atoms with Gasteiger partial charge in [0.2, 0.25) is 5.91 Å². The third kappa shape index (κ3) is 4.42. The smallest absolute Gasteiger partial charge is 0.410 e. The van der Waals surface area contributed by atoms with E-state index >= 15 is 0 Å². The third-order valence-electron chi connectivity index (χ3n) is 5.55. The quantitative estimate of drug-likeness (QED) is 0.721. The minimum atomic E-state index is -0.788. The summed E-state index contributed by atoms with van der Waals surface area (Å²) < 4.78 is 6.58. The highest BCUT2D eigenvalue weighted by Crippen LogP contribution is 2.26. The molecule has 2 aromatic rings. The van der Waals surface area contributed by atoms with E-state index in [1.807, 2.05) is 39.0 Å². The van der Waals surface area contributed by atoms with Crippen LogP contribution < -0.4 is 10.9 Å². The highest BCUT2D eigenvalue weighted by molar-refractivity contribution is 5.99. The number of rotatable bonds is 2. The lowest BCUT2D eigenvalue weighted by Crippen LogP contribution is -2.45. The van der Waals surface area contributed by atoms with E-state index in [0.29, 0.717) is 30.3 Å². The number of piperidine rings is 1. The molecule has 168 valence electrons. The van der Waals surface area contributed by atoms with Crippen molar-refractivity contribution in [2.24, 2.45) is 0 Å². The maximum absolute atomic E-state index is 12.9. The van der Waals surface area contributed by atoms with E-state index in [1.54, 1.807) is 17.2 Å². The lowest BCUT2D eigenvalue weighted by molar-refractivity contribution is -0.136. The lowest BCUT2D eigenvalue weighted by Gasteiger charge is -2.29. The summed E-state index contributed by atoms with van der Waals surface area (Å²) in [4.78, 5) is 50.4. The second-order valence-corrected chi connectivity index (χ2v) is 9.07. The van der Waals surface area contributed by atoms with Gasteiger partial charge in [-0.15, -0.1) is 0 Å². The van der Waals surface area contributed by atoms with Crippen molar-refractivity contribution in [3.8, 4) is 0 Å². The third-order valence-corrected chi connectivity index (χ3v) is 5.55. The molecule has 4 rings (SSSR count). The molecule has 0 saturated carbocycles. The highest BCUT2D eigenvalue weighted by atomic mass is 16.6. The van der Waals surface area contributed by atoms with Crippen molar-refractivity contribution in [2.45, 2.75) is 51.7 Å². The zero-order valence-electron chi connectivity index (χ0n) is 18.4. The van der Waals surface area contributed by atoms with Gasteiger partial charge in [0.25, 0.3) is 11.5 Å². The molecule has 3 amide bonds. The number of imide groups is 1. The van der Waals surface area contributed by atoms with Crippen LogP contribution in [0.1, 0.15) is 51.6 Å². The number of nitrogens with one attached hydrogen (secondary N) is 1. The molecule has 1 aromatic carbocycles. The first-order valence-corrected chi connectivity index (χ1v) is 10.6. The van der Waals surface area contributed by atoms with Gasteiger partial charge in [0.15, 0.2) is 0 Å². The van der Waals surface area contributed by atoms with Crippen molar-refractivity contribution in [3.05, 3.63) is 46.4 Å². The van der Waals surface area contributed by atoms with Crippen molar-refractivity contribution >= 4 is 34.3 Å². The Bertz CT molecular complexity index is 1190. The van der Waals surface area contributed by atoms with Gasteiger partial charge in [-0.2, -0.15) is 5.10 Å². The van der Waals surface area contributed by atoms with Crippen LogP contribution in [0.3, 0.4) is 0 Å². The van der Waals surface area contributed by atoms with Crippen LogP contribution in [0.15, 0.2) is 35.3 Å². The van der Waals surface area contributed by atoms with Crippen LogP contribution in [0.4, 0.5) is 4.79 Å².